The fourth-order valence-electron chi connectivity index (χ4n) is 2.30. The number of aryl methyl sites for hydroxylation is 2. The van der Waals surface area contributed by atoms with Crippen LogP contribution in [-0.4, -0.2) is 10.9 Å². The molecule has 0 aliphatic heterocycles. The largest absolute Gasteiger partial charge is 0.486 e. The van der Waals surface area contributed by atoms with Crippen molar-refractivity contribution in [3.8, 4) is 5.75 Å². The molecule has 2 aromatic carbocycles. The zero-order chi connectivity index (χ0) is 18.7. The van der Waals surface area contributed by atoms with E-state index < -0.39 is 0 Å². The predicted molar refractivity (Wildman–Crippen MR) is 102 cm³/mol. The topological polar surface area (TPSA) is 51.2 Å². The maximum absolute atomic E-state index is 12.9. The average Bonchev–Trinajstić information content (AvgIpc) is 2.98. The zero-order valence-corrected chi connectivity index (χ0v) is 15.7. The second-order valence-electron chi connectivity index (χ2n) is 5.70. The van der Waals surface area contributed by atoms with Gasteiger partial charge in [0.05, 0.1) is 16.4 Å². The van der Waals surface area contributed by atoms with Crippen LogP contribution in [0.4, 0.5) is 10.1 Å². The van der Waals surface area contributed by atoms with Gasteiger partial charge in [0.2, 0.25) is 0 Å². The molecular formula is C19H16ClFN2O2S. The fourth-order valence-corrected chi connectivity index (χ4v) is 3.46. The summed E-state index contributed by atoms with van der Waals surface area (Å²) in [5.74, 6) is -0.0494. The first-order valence-electron chi connectivity index (χ1n) is 7.84. The minimum Gasteiger partial charge on any atom is -0.486 e. The van der Waals surface area contributed by atoms with Crippen LogP contribution in [-0.2, 0) is 6.61 Å². The molecule has 1 N–H and O–H groups in total. The number of rotatable bonds is 5. The lowest BCUT2D eigenvalue weighted by Crippen LogP contribution is -2.11. The van der Waals surface area contributed by atoms with E-state index in [1.54, 1.807) is 31.2 Å². The third kappa shape index (κ3) is 4.39. The number of carbonyl (C=O) groups excluding carboxylic acids is 1. The lowest BCUT2D eigenvalue weighted by Gasteiger charge is -2.07. The number of thiazole rings is 1. The number of anilines is 1. The van der Waals surface area contributed by atoms with Crippen molar-refractivity contribution in [2.24, 2.45) is 0 Å². The number of aromatic nitrogens is 1. The Kier molecular flexibility index (Phi) is 5.54. The Bertz CT molecular complexity index is 941. The van der Waals surface area contributed by atoms with Gasteiger partial charge in [-0.15, -0.1) is 11.3 Å². The SMILES string of the molecule is Cc1ccc(NC(=O)c2sc(COc3ccc(F)cc3)nc2C)c(Cl)c1. The van der Waals surface area contributed by atoms with Crippen LogP contribution < -0.4 is 10.1 Å². The smallest absolute Gasteiger partial charge is 0.267 e. The molecule has 3 rings (SSSR count). The summed E-state index contributed by atoms with van der Waals surface area (Å²) in [5, 5.41) is 3.95. The van der Waals surface area contributed by atoms with Crippen molar-refractivity contribution < 1.29 is 13.9 Å². The Morgan fingerprint density at radius 2 is 1.96 bits per heavy atom. The standard InChI is InChI=1S/C19H16ClFN2O2S/c1-11-3-8-16(15(20)9-11)23-19(24)18-12(2)22-17(26-18)10-25-14-6-4-13(21)5-7-14/h3-9H,10H2,1-2H3,(H,23,24). The Balaban J connectivity index is 1.68. The van der Waals surface area contributed by atoms with Crippen molar-refractivity contribution >= 4 is 34.5 Å². The van der Waals surface area contributed by atoms with Gasteiger partial charge in [0.15, 0.2) is 0 Å². The monoisotopic (exact) mass is 390 g/mol. The highest BCUT2D eigenvalue weighted by molar-refractivity contribution is 7.13. The van der Waals surface area contributed by atoms with E-state index in [0.717, 1.165) is 5.56 Å². The fraction of sp³-hybridized carbons (Fsp3) is 0.158. The number of halogens is 2. The number of hydrogen-bond acceptors (Lipinski definition) is 4. The van der Waals surface area contributed by atoms with Gasteiger partial charge in [-0.25, -0.2) is 9.37 Å². The zero-order valence-electron chi connectivity index (χ0n) is 14.2. The van der Waals surface area contributed by atoms with E-state index in [1.807, 2.05) is 13.0 Å². The summed E-state index contributed by atoms with van der Waals surface area (Å²) in [5.41, 5.74) is 2.19. The number of benzene rings is 2. The molecule has 0 aliphatic rings. The van der Waals surface area contributed by atoms with Gasteiger partial charge >= 0.3 is 0 Å². The molecule has 0 unspecified atom stereocenters. The van der Waals surface area contributed by atoms with E-state index >= 15 is 0 Å². The Hall–Kier alpha value is -2.44. The van der Waals surface area contributed by atoms with Gasteiger partial charge in [0.1, 0.15) is 28.1 Å². The Morgan fingerprint density at radius 3 is 2.65 bits per heavy atom. The molecule has 26 heavy (non-hydrogen) atoms. The van der Waals surface area contributed by atoms with Gasteiger partial charge in [0.25, 0.3) is 5.91 Å². The van der Waals surface area contributed by atoms with Crippen molar-refractivity contribution in [2.45, 2.75) is 20.5 Å². The number of amides is 1. The first-order chi connectivity index (χ1) is 12.4. The van der Waals surface area contributed by atoms with E-state index in [9.17, 15) is 9.18 Å². The molecule has 0 bridgehead atoms. The van der Waals surface area contributed by atoms with Gasteiger partial charge in [-0.2, -0.15) is 0 Å². The highest BCUT2D eigenvalue weighted by atomic mass is 35.5. The van der Waals surface area contributed by atoms with Crippen LogP contribution in [0.15, 0.2) is 42.5 Å². The van der Waals surface area contributed by atoms with Crippen molar-refractivity contribution in [3.05, 3.63) is 74.4 Å². The Labute approximate surface area is 159 Å². The van der Waals surface area contributed by atoms with Crippen LogP contribution in [0, 0.1) is 19.7 Å². The molecule has 0 atom stereocenters. The molecule has 1 amide bonds. The Morgan fingerprint density at radius 1 is 1.23 bits per heavy atom. The summed E-state index contributed by atoms with van der Waals surface area (Å²) in [4.78, 5) is 17.4. The second-order valence-corrected chi connectivity index (χ2v) is 7.19. The molecule has 3 aromatic rings. The van der Waals surface area contributed by atoms with Crippen molar-refractivity contribution in [1.29, 1.82) is 0 Å². The number of carbonyl (C=O) groups is 1. The molecule has 0 saturated heterocycles. The van der Waals surface area contributed by atoms with E-state index in [1.165, 1.54) is 23.5 Å². The maximum Gasteiger partial charge on any atom is 0.267 e. The van der Waals surface area contributed by atoms with Crippen molar-refractivity contribution in [1.82, 2.24) is 4.98 Å². The van der Waals surface area contributed by atoms with Crippen molar-refractivity contribution in [2.75, 3.05) is 5.32 Å². The number of hydrogen-bond donors (Lipinski definition) is 1. The summed E-state index contributed by atoms with van der Waals surface area (Å²) in [6.07, 6.45) is 0. The van der Waals surface area contributed by atoms with Crippen LogP contribution in [0.2, 0.25) is 5.02 Å². The normalized spacial score (nSPS) is 10.6. The summed E-state index contributed by atoms with van der Waals surface area (Å²) in [6, 6.07) is 11.2. The number of nitrogens with one attached hydrogen (secondary N) is 1. The quantitative estimate of drug-likeness (QED) is 0.636. The minimum atomic E-state index is -0.323. The van der Waals surface area contributed by atoms with Gasteiger partial charge < -0.3 is 10.1 Å². The van der Waals surface area contributed by atoms with E-state index in [0.29, 0.717) is 32.0 Å². The van der Waals surface area contributed by atoms with E-state index in [2.05, 4.69) is 10.3 Å². The second kappa shape index (κ2) is 7.85. The first-order valence-corrected chi connectivity index (χ1v) is 9.04. The third-order valence-electron chi connectivity index (χ3n) is 3.60. The van der Waals surface area contributed by atoms with Crippen LogP contribution in [0.3, 0.4) is 0 Å². The molecule has 1 aromatic heterocycles. The molecule has 0 aliphatic carbocycles. The predicted octanol–water partition coefficient (Wildman–Crippen LogP) is 5.38. The molecule has 134 valence electrons. The maximum atomic E-state index is 12.9. The summed E-state index contributed by atoms with van der Waals surface area (Å²) in [7, 11) is 0. The molecule has 7 heteroatoms. The molecule has 0 radical (unpaired) electrons. The molecule has 1 heterocycles. The molecular weight excluding hydrogens is 375 g/mol. The van der Waals surface area contributed by atoms with Crippen LogP contribution >= 0.6 is 22.9 Å². The minimum absolute atomic E-state index is 0.204. The summed E-state index contributed by atoms with van der Waals surface area (Å²) < 4.78 is 18.5. The van der Waals surface area contributed by atoms with E-state index in [-0.39, 0.29) is 18.3 Å². The summed E-state index contributed by atoms with van der Waals surface area (Å²) in [6.45, 7) is 3.90. The first kappa shape index (κ1) is 18.4. The van der Waals surface area contributed by atoms with Crippen LogP contribution in [0.5, 0.6) is 5.75 Å². The summed E-state index contributed by atoms with van der Waals surface area (Å²) >= 11 is 7.41. The molecule has 4 nitrogen and oxygen atoms in total. The van der Waals surface area contributed by atoms with Crippen molar-refractivity contribution in [3.63, 3.8) is 0 Å². The highest BCUT2D eigenvalue weighted by Gasteiger charge is 2.17. The third-order valence-corrected chi connectivity index (χ3v) is 5.04. The van der Waals surface area contributed by atoms with Gasteiger partial charge in [-0.3, -0.25) is 4.79 Å². The molecule has 0 spiro atoms. The van der Waals surface area contributed by atoms with Gasteiger partial charge in [0, 0.05) is 0 Å². The van der Waals surface area contributed by atoms with E-state index in [4.69, 9.17) is 16.3 Å². The average molecular weight is 391 g/mol. The van der Waals surface area contributed by atoms with Gasteiger partial charge in [-0.05, 0) is 55.8 Å². The lowest BCUT2D eigenvalue weighted by atomic mass is 10.2. The number of nitrogens with zero attached hydrogens (tertiary/aromatic N) is 1. The van der Waals surface area contributed by atoms with Gasteiger partial charge in [-0.1, -0.05) is 17.7 Å². The van der Waals surface area contributed by atoms with Crippen LogP contribution in [0.1, 0.15) is 25.9 Å². The molecule has 0 saturated carbocycles. The van der Waals surface area contributed by atoms with Crippen LogP contribution in [0.25, 0.3) is 0 Å². The highest BCUT2D eigenvalue weighted by Crippen LogP contribution is 2.26. The number of ether oxygens (including phenoxy) is 1. The lowest BCUT2D eigenvalue weighted by molar-refractivity contribution is 0.103. The molecule has 0 fully saturated rings.